The van der Waals surface area contributed by atoms with Crippen molar-refractivity contribution in [3.05, 3.63) is 97.2 Å². The monoisotopic (exact) mass is 951 g/mol. The van der Waals surface area contributed by atoms with Gasteiger partial charge >= 0.3 is 19.8 Å². The molecule has 1 saturated carbocycles. The van der Waals surface area contributed by atoms with Crippen LogP contribution in [0, 0.1) is 0 Å². The highest BCUT2D eigenvalue weighted by Crippen LogP contribution is 2.47. The Balaban J connectivity index is 2.56. The molecule has 0 aromatic rings. The van der Waals surface area contributed by atoms with E-state index in [9.17, 15) is 49.7 Å². The van der Waals surface area contributed by atoms with Crippen LogP contribution in [0.3, 0.4) is 0 Å². The van der Waals surface area contributed by atoms with E-state index in [2.05, 4.69) is 80.7 Å². The molecule has 14 nitrogen and oxygen atoms in total. The molecule has 0 aromatic carbocycles. The molecular formula is C51H83O14P. The smallest absolute Gasteiger partial charge is 0.462 e. The highest BCUT2D eigenvalue weighted by atomic mass is 31.2. The van der Waals surface area contributed by atoms with Gasteiger partial charge in [0, 0.05) is 12.8 Å². The second-order valence-electron chi connectivity index (χ2n) is 16.4. The number of aliphatic hydroxyl groups excluding tert-OH is 6. The largest absolute Gasteiger partial charge is 0.472 e. The molecule has 0 radical (unpaired) electrons. The van der Waals surface area contributed by atoms with Crippen molar-refractivity contribution >= 4 is 19.8 Å². The number of hydrogen-bond donors (Lipinski definition) is 7. The highest BCUT2D eigenvalue weighted by Gasteiger charge is 2.51. The predicted molar refractivity (Wildman–Crippen MR) is 259 cm³/mol. The zero-order valence-electron chi connectivity index (χ0n) is 39.6. The summed E-state index contributed by atoms with van der Waals surface area (Å²) in [5, 5.41) is 60.5. The Hall–Kier alpha value is -3.27. The lowest BCUT2D eigenvalue weighted by Gasteiger charge is -2.41. The number of hydrogen-bond acceptors (Lipinski definition) is 13. The Bertz CT molecular complexity index is 1540. The Labute approximate surface area is 394 Å². The first-order valence-corrected chi connectivity index (χ1v) is 25.6. The number of phosphoric ester groups is 1. The van der Waals surface area contributed by atoms with Gasteiger partial charge in [0.05, 0.1) is 12.7 Å². The average Bonchev–Trinajstić information content (AvgIpc) is 3.30. The van der Waals surface area contributed by atoms with Crippen LogP contribution < -0.4 is 0 Å². The summed E-state index contributed by atoms with van der Waals surface area (Å²) in [5.74, 6) is -1.40. The van der Waals surface area contributed by atoms with Gasteiger partial charge < -0.3 is 45.0 Å². The molecule has 15 heteroatoms. The van der Waals surface area contributed by atoms with Crippen molar-refractivity contribution in [2.24, 2.45) is 0 Å². The van der Waals surface area contributed by atoms with Gasteiger partial charge in [-0.05, 0) is 77.0 Å². The number of esters is 2. The maximum absolute atomic E-state index is 12.8. The van der Waals surface area contributed by atoms with Gasteiger partial charge in [-0.2, -0.15) is 0 Å². The van der Waals surface area contributed by atoms with Gasteiger partial charge in [-0.15, -0.1) is 0 Å². The summed E-state index contributed by atoms with van der Waals surface area (Å²) in [6.07, 6.45) is 36.3. The first-order valence-electron chi connectivity index (χ1n) is 24.1. The second-order valence-corrected chi connectivity index (χ2v) is 17.8. The highest BCUT2D eigenvalue weighted by molar-refractivity contribution is 7.47. The SMILES string of the molecule is CC/C=C\C/C=C\C/C=C\C/C=C\C/C=C\C=C/C(O)CCC(=O)OC[C@H](COP(=O)(O)OC1[C@H](O)[C@H](O)C(O)[C@H](O)[C@H]1O)OC(=O)CCCCCCCCC/C=C\C/C=C\CCCCC. The molecule has 1 rings (SSSR count). The lowest BCUT2D eigenvalue weighted by atomic mass is 9.85. The van der Waals surface area contributed by atoms with Gasteiger partial charge in [0.2, 0.25) is 0 Å². The minimum absolute atomic E-state index is 0.0323. The van der Waals surface area contributed by atoms with Crippen LogP contribution in [0.1, 0.15) is 149 Å². The first-order chi connectivity index (χ1) is 31.8. The Kier molecular flexibility index (Phi) is 36.5. The van der Waals surface area contributed by atoms with E-state index >= 15 is 0 Å². The van der Waals surface area contributed by atoms with Crippen LogP contribution in [-0.4, -0.2) is 110 Å². The molecule has 0 aliphatic heterocycles. The molecule has 1 fully saturated rings. The third kappa shape index (κ3) is 31.7. The maximum Gasteiger partial charge on any atom is 0.472 e. The van der Waals surface area contributed by atoms with E-state index in [1.807, 2.05) is 12.2 Å². The van der Waals surface area contributed by atoms with Gasteiger partial charge in [-0.1, -0.05) is 156 Å². The van der Waals surface area contributed by atoms with Gasteiger partial charge in [0.25, 0.3) is 0 Å². The maximum atomic E-state index is 12.8. The summed E-state index contributed by atoms with van der Waals surface area (Å²) in [4.78, 5) is 35.8. The number of ether oxygens (including phenoxy) is 2. The molecule has 0 amide bonds. The van der Waals surface area contributed by atoms with Crippen molar-refractivity contribution in [1.29, 1.82) is 0 Å². The summed E-state index contributed by atoms with van der Waals surface area (Å²) in [6, 6.07) is 0. The van der Waals surface area contributed by atoms with Gasteiger partial charge in [-0.3, -0.25) is 18.6 Å². The molecule has 0 saturated heterocycles. The van der Waals surface area contributed by atoms with Crippen molar-refractivity contribution in [3.63, 3.8) is 0 Å². The Morgan fingerprint density at radius 1 is 0.561 bits per heavy atom. The molecule has 0 heterocycles. The minimum Gasteiger partial charge on any atom is -0.462 e. The van der Waals surface area contributed by atoms with Crippen LogP contribution >= 0.6 is 7.82 Å². The van der Waals surface area contributed by atoms with Crippen LogP contribution in [0.25, 0.3) is 0 Å². The first kappa shape index (κ1) is 60.7. The number of phosphoric acid groups is 1. The Morgan fingerprint density at radius 2 is 1.05 bits per heavy atom. The predicted octanol–water partition coefficient (Wildman–Crippen LogP) is 8.80. The zero-order valence-corrected chi connectivity index (χ0v) is 40.4. The van der Waals surface area contributed by atoms with Crippen molar-refractivity contribution in [3.8, 4) is 0 Å². The van der Waals surface area contributed by atoms with E-state index < -0.39 is 81.8 Å². The number of unbranched alkanes of at least 4 members (excludes halogenated alkanes) is 10. The molecule has 376 valence electrons. The number of carbonyl (C=O) groups is 2. The zero-order chi connectivity index (χ0) is 48.7. The quantitative estimate of drug-likeness (QED) is 0.0101. The van der Waals surface area contributed by atoms with E-state index in [0.29, 0.717) is 6.42 Å². The number of allylic oxidation sites excluding steroid dienone is 15. The molecule has 1 aliphatic rings. The van der Waals surface area contributed by atoms with Crippen molar-refractivity contribution in [2.45, 2.75) is 198 Å². The molecule has 4 unspecified atom stereocenters. The molecular weight excluding hydrogens is 868 g/mol. The summed E-state index contributed by atoms with van der Waals surface area (Å²) >= 11 is 0. The standard InChI is InChI=1S/C51H83O14P/c1-3-5-7-9-11-13-15-17-19-21-23-25-27-29-31-33-35-37-45(54)64-43(41-63-66(60,61)65-51-49(58)47(56)46(55)48(57)50(51)59)40-62-44(53)39-38-42(52)36-34-32-30-28-26-24-22-20-18-16-14-12-10-8-6-4-2/h6,8,11-14,17-20,24,26,30,32,34,36,42-43,46-52,55-59H,3-5,7,9-10,15-16,21-23,25,27-29,31,33,35,37-41H2,1-2H3,(H,60,61)/b8-6-,13-11-,14-12-,19-17-,20-18-,26-24-,32-30-,36-34-/t42?,43-,46?,47-,48+,49-,50-,51?/m1/s1. The van der Waals surface area contributed by atoms with Crippen LogP contribution in [0.4, 0.5) is 0 Å². The van der Waals surface area contributed by atoms with Crippen LogP contribution in [-0.2, 0) is 32.7 Å². The van der Waals surface area contributed by atoms with Crippen molar-refractivity contribution < 1.29 is 68.2 Å². The van der Waals surface area contributed by atoms with Gasteiger partial charge in [0.1, 0.15) is 43.2 Å². The number of carbonyl (C=O) groups excluding carboxylic acids is 2. The minimum atomic E-state index is -5.19. The summed E-state index contributed by atoms with van der Waals surface area (Å²) < 4.78 is 33.4. The molecule has 66 heavy (non-hydrogen) atoms. The third-order valence-corrected chi connectivity index (χ3v) is 11.5. The average molecular weight is 951 g/mol. The molecule has 7 N–H and O–H groups in total. The normalized spacial score (nSPS) is 22.6. The van der Waals surface area contributed by atoms with Gasteiger partial charge in [0.15, 0.2) is 6.10 Å². The van der Waals surface area contributed by atoms with Gasteiger partial charge in [-0.25, -0.2) is 4.57 Å². The molecule has 1 aliphatic carbocycles. The van der Waals surface area contributed by atoms with E-state index in [-0.39, 0.29) is 19.3 Å². The summed E-state index contributed by atoms with van der Waals surface area (Å²) in [5.41, 5.74) is 0. The van der Waals surface area contributed by atoms with Crippen LogP contribution in [0.2, 0.25) is 0 Å². The fourth-order valence-corrected chi connectivity index (χ4v) is 7.57. The molecule has 0 bridgehead atoms. The summed E-state index contributed by atoms with van der Waals surface area (Å²) in [6.45, 7) is 2.94. The Morgan fingerprint density at radius 3 is 1.61 bits per heavy atom. The third-order valence-electron chi connectivity index (χ3n) is 10.5. The van der Waals surface area contributed by atoms with Crippen molar-refractivity contribution in [1.82, 2.24) is 0 Å². The molecule has 9 atom stereocenters. The fourth-order valence-electron chi connectivity index (χ4n) is 6.60. The van der Waals surface area contributed by atoms with E-state index in [1.54, 1.807) is 12.2 Å². The lowest BCUT2D eigenvalue weighted by Crippen LogP contribution is -2.64. The van der Waals surface area contributed by atoms with E-state index in [1.165, 1.54) is 25.3 Å². The number of aliphatic hydroxyl groups is 6. The van der Waals surface area contributed by atoms with Crippen LogP contribution in [0.5, 0.6) is 0 Å². The van der Waals surface area contributed by atoms with E-state index in [4.69, 9.17) is 18.5 Å². The molecule has 0 spiro atoms. The second kappa shape index (κ2) is 39.7. The fraction of sp³-hybridized carbons (Fsp3) is 0.647. The summed E-state index contributed by atoms with van der Waals surface area (Å²) in [7, 11) is -5.19. The van der Waals surface area contributed by atoms with E-state index in [0.717, 1.165) is 89.9 Å². The number of rotatable bonds is 38. The van der Waals surface area contributed by atoms with Crippen molar-refractivity contribution in [2.75, 3.05) is 13.2 Å². The lowest BCUT2D eigenvalue weighted by molar-refractivity contribution is -0.220. The van der Waals surface area contributed by atoms with Crippen LogP contribution in [0.15, 0.2) is 97.2 Å². The molecule has 0 aromatic heterocycles. The topological polar surface area (TPSA) is 230 Å².